The first kappa shape index (κ1) is 9.97. The SMILES string of the molecule is CC1(C)CC(C)(CN)N2CCCN=C21. The molecule has 0 bridgehead atoms. The fourth-order valence-electron chi connectivity index (χ4n) is 3.02. The van der Waals surface area contributed by atoms with E-state index in [9.17, 15) is 0 Å². The summed E-state index contributed by atoms with van der Waals surface area (Å²) in [4.78, 5) is 7.12. The molecule has 2 N–H and O–H groups in total. The summed E-state index contributed by atoms with van der Waals surface area (Å²) in [5, 5.41) is 0. The fraction of sp³-hybridized carbons (Fsp3) is 0.909. The number of fused-ring (bicyclic) bond motifs is 1. The minimum absolute atomic E-state index is 0.142. The largest absolute Gasteiger partial charge is 0.353 e. The van der Waals surface area contributed by atoms with Crippen molar-refractivity contribution in [1.82, 2.24) is 4.90 Å². The Bertz CT molecular complexity index is 270. The van der Waals surface area contributed by atoms with Gasteiger partial charge in [0.15, 0.2) is 0 Å². The van der Waals surface area contributed by atoms with Gasteiger partial charge in [-0.1, -0.05) is 13.8 Å². The number of hydrogen-bond acceptors (Lipinski definition) is 3. The van der Waals surface area contributed by atoms with Crippen LogP contribution in [0.2, 0.25) is 0 Å². The van der Waals surface area contributed by atoms with Crippen LogP contribution < -0.4 is 5.73 Å². The molecule has 1 fully saturated rings. The van der Waals surface area contributed by atoms with Crippen LogP contribution in [0.15, 0.2) is 4.99 Å². The maximum Gasteiger partial charge on any atom is 0.105 e. The number of nitrogens with two attached hydrogens (primary N) is 1. The van der Waals surface area contributed by atoms with Crippen LogP contribution in [-0.2, 0) is 0 Å². The molecular formula is C11H21N3. The zero-order chi connectivity index (χ0) is 10.4. The van der Waals surface area contributed by atoms with E-state index in [0.717, 1.165) is 26.1 Å². The number of hydrogen-bond donors (Lipinski definition) is 1. The summed E-state index contributed by atoms with van der Waals surface area (Å²) in [5.74, 6) is 1.29. The predicted octanol–water partition coefficient (Wildman–Crippen LogP) is 1.24. The molecule has 2 heterocycles. The smallest absolute Gasteiger partial charge is 0.105 e. The van der Waals surface area contributed by atoms with Gasteiger partial charge in [0.25, 0.3) is 0 Å². The highest BCUT2D eigenvalue weighted by molar-refractivity contribution is 5.91. The van der Waals surface area contributed by atoms with E-state index < -0.39 is 0 Å². The van der Waals surface area contributed by atoms with Gasteiger partial charge in [0.05, 0.1) is 5.54 Å². The molecule has 1 saturated heterocycles. The standard InChI is InChI=1S/C11H21N3/c1-10(2)7-11(3,8-12)14-6-4-5-13-9(10)14/h4-8,12H2,1-3H3. The van der Waals surface area contributed by atoms with Crippen molar-refractivity contribution in [3.05, 3.63) is 0 Å². The second kappa shape index (κ2) is 2.96. The van der Waals surface area contributed by atoms with Gasteiger partial charge in [-0.05, 0) is 19.8 Å². The van der Waals surface area contributed by atoms with Gasteiger partial charge in [-0.2, -0.15) is 0 Å². The lowest BCUT2D eigenvalue weighted by molar-refractivity contribution is 0.207. The van der Waals surface area contributed by atoms with E-state index in [4.69, 9.17) is 5.73 Å². The van der Waals surface area contributed by atoms with Crippen LogP contribution in [0.3, 0.4) is 0 Å². The van der Waals surface area contributed by atoms with Crippen molar-refractivity contribution in [2.75, 3.05) is 19.6 Å². The Morgan fingerprint density at radius 3 is 2.79 bits per heavy atom. The topological polar surface area (TPSA) is 41.6 Å². The lowest BCUT2D eigenvalue weighted by atomic mass is 9.84. The Morgan fingerprint density at radius 1 is 1.43 bits per heavy atom. The molecule has 0 spiro atoms. The van der Waals surface area contributed by atoms with Gasteiger partial charge >= 0.3 is 0 Å². The lowest BCUT2D eigenvalue weighted by Crippen LogP contribution is -2.50. The van der Waals surface area contributed by atoms with E-state index in [1.807, 2.05) is 0 Å². The molecule has 0 aromatic rings. The van der Waals surface area contributed by atoms with Crippen LogP contribution in [0.25, 0.3) is 0 Å². The Hall–Kier alpha value is -0.570. The van der Waals surface area contributed by atoms with Crippen LogP contribution in [0.5, 0.6) is 0 Å². The Balaban J connectivity index is 2.38. The van der Waals surface area contributed by atoms with Crippen LogP contribution in [0.1, 0.15) is 33.6 Å². The highest BCUT2D eigenvalue weighted by atomic mass is 15.3. The van der Waals surface area contributed by atoms with E-state index in [-0.39, 0.29) is 11.0 Å². The van der Waals surface area contributed by atoms with E-state index in [2.05, 4.69) is 30.7 Å². The van der Waals surface area contributed by atoms with Crippen molar-refractivity contribution in [2.24, 2.45) is 16.1 Å². The monoisotopic (exact) mass is 195 g/mol. The van der Waals surface area contributed by atoms with Crippen LogP contribution in [0, 0.1) is 5.41 Å². The third kappa shape index (κ3) is 1.26. The molecule has 2 aliphatic heterocycles. The molecule has 0 amide bonds. The van der Waals surface area contributed by atoms with Gasteiger partial charge in [-0.3, -0.25) is 4.99 Å². The number of rotatable bonds is 1. The van der Waals surface area contributed by atoms with Crippen LogP contribution in [-0.4, -0.2) is 35.9 Å². The normalized spacial score (nSPS) is 35.4. The summed E-state index contributed by atoms with van der Waals surface area (Å²) in [6.07, 6.45) is 2.31. The summed E-state index contributed by atoms with van der Waals surface area (Å²) in [5.41, 5.74) is 6.26. The zero-order valence-electron chi connectivity index (χ0n) is 9.51. The maximum absolute atomic E-state index is 5.90. The van der Waals surface area contributed by atoms with Crippen molar-refractivity contribution < 1.29 is 0 Å². The van der Waals surface area contributed by atoms with Gasteiger partial charge in [0.1, 0.15) is 5.84 Å². The van der Waals surface area contributed by atoms with E-state index in [1.54, 1.807) is 0 Å². The Morgan fingerprint density at radius 2 is 2.14 bits per heavy atom. The first-order valence-corrected chi connectivity index (χ1v) is 5.52. The molecule has 80 valence electrons. The van der Waals surface area contributed by atoms with Crippen molar-refractivity contribution in [2.45, 2.75) is 39.2 Å². The molecule has 3 nitrogen and oxygen atoms in total. The molecule has 1 atom stereocenters. The van der Waals surface area contributed by atoms with Gasteiger partial charge in [-0.25, -0.2) is 0 Å². The molecule has 0 saturated carbocycles. The minimum Gasteiger partial charge on any atom is -0.353 e. The van der Waals surface area contributed by atoms with E-state index in [1.165, 1.54) is 12.3 Å². The molecular weight excluding hydrogens is 174 g/mol. The third-order valence-electron chi connectivity index (χ3n) is 3.58. The molecule has 0 aromatic carbocycles. The average molecular weight is 195 g/mol. The molecule has 0 aromatic heterocycles. The van der Waals surface area contributed by atoms with Crippen molar-refractivity contribution in [3.63, 3.8) is 0 Å². The Labute approximate surface area is 86.4 Å². The molecule has 1 unspecified atom stereocenters. The minimum atomic E-state index is 0.142. The third-order valence-corrected chi connectivity index (χ3v) is 3.58. The van der Waals surface area contributed by atoms with Crippen molar-refractivity contribution in [1.29, 1.82) is 0 Å². The van der Waals surface area contributed by atoms with E-state index >= 15 is 0 Å². The second-order valence-electron chi connectivity index (χ2n) is 5.47. The molecule has 14 heavy (non-hydrogen) atoms. The van der Waals surface area contributed by atoms with Crippen molar-refractivity contribution in [3.8, 4) is 0 Å². The van der Waals surface area contributed by atoms with Gasteiger partial charge in [0.2, 0.25) is 0 Å². The summed E-state index contributed by atoms with van der Waals surface area (Å²) in [6.45, 7) is 9.69. The summed E-state index contributed by atoms with van der Waals surface area (Å²) in [6, 6.07) is 0. The first-order valence-electron chi connectivity index (χ1n) is 5.52. The van der Waals surface area contributed by atoms with Crippen LogP contribution in [0.4, 0.5) is 0 Å². The highest BCUT2D eigenvalue weighted by Gasteiger charge is 2.50. The van der Waals surface area contributed by atoms with Gasteiger partial charge in [-0.15, -0.1) is 0 Å². The number of amidine groups is 1. The predicted molar refractivity (Wildman–Crippen MR) is 59.5 cm³/mol. The summed E-state index contributed by atoms with van der Waals surface area (Å²) >= 11 is 0. The van der Waals surface area contributed by atoms with Crippen molar-refractivity contribution >= 4 is 5.84 Å². The lowest BCUT2D eigenvalue weighted by Gasteiger charge is -2.37. The molecule has 0 radical (unpaired) electrons. The average Bonchev–Trinajstić information content (AvgIpc) is 2.37. The highest BCUT2D eigenvalue weighted by Crippen LogP contribution is 2.43. The van der Waals surface area contributed by atoms with E-state index in [0.29, 0.717) is 0 Å². The Kier molecular flexibility index (Phi) is 2.11. The number of nitrogens with zero attached hydrogens (tertiary/aromatic N) is 2. The van der Waals surface area contributed by atoms with Gasteiger partial charge < -0.3 is 10.6 Å². The summed E-state index contributed by atoms with van der Waals surface area (Å²) in [7, 11) is 0. The number of aliphatic imine (C=N–C) groups is 1. The summed E-state index contributed by atoms with van der Waals surface area (Å²) < 4.78 is 0. The van der Waals surface area contributed by atoms with Crippen LogP contribution >= 0.6 is 0 Å². The molecule has 3 heteroatoms. The molecule has 0 aliphatic carbocycles. The quantitative estimate of drug-likeness (QED) is 0.684. The fourth-order valence-corrected chi connectivity index (χ4v) is 3.02. The molecule has 2 rings (SSSR count). The zero-order valence-corrected chi connectivity index (χ0v) is 9.51. The maximum atomic E-state index is 5.90. The first-order chi connectivity index (χ1) is 6.49. The van der Waals surface area contributed by atoms with Gasteiger partial charge in [0, 0.05) is 25.0 Å². The molecule has 2 aliphatic rings. The second-order valence-corrected chi connectivity index (χ2v) is 5.47.